The number of carbonyl (C=O) groups excluding carboxylic acids is 1. The number of amides is 1. The van der Waals surface area contributed by atoms with E-state index in [-0.39, 0.29) is 5.91 Å². The Kier molecular flexibility index (Phi) is 2.86. The summed E-state index contributed by atoms with van der Waals surface area (Å²) in [5, 5.41) is 3.29. The molecule has 0 radical (unpaired) electrons. The van der Waals surface area contributed by atoms with Crippen molar-refractivity contribution in [3.63, 3.8) is 0 Å². The zero-order valence-electron chi connectivity index (χ0n) is 10.1. The van der Waals surface area contributed by atoms with Crippen LogP contribution >= 0.6 is 0 Å². The van der Waals surface area contributed by atoms with Gasteiger partial charge in [0.2, 0.25) is 5.91 Å². The average molecular weight is 218 g/mol. The van der Waals surface area contributed by atoms with Crippen molar-refractivity contribution in [2.75, 3.05) is 23.8 Å². The zero-order chi connectivity index (χ0) is 11.7. The van der Waals surface area contributed by atoms with Gasteiger partial charge in [-0.2, -0.15) is 0 Å². The van der Waals surface area contributed by atoms with E-state index in [9.17, 15) is 4.79 Å². The van der Waals surface area contributed by atoms with E-state index in [1.165, 1.54) is 5.56 Å². The molecule has 0 spiro atoms. The third-order valence-corrected chi connectivity index (χ3v) is 3.08. The first-order valence-electron chi connectivity index (χ1n) is 5.74. The molecule has 0 atom stereocenters. The van der Waals surface area contributed by atoms with Crippen molar-refractivity contribution in [2.45, 2.75) is 26.2 Å². The molecule has 0 unspecified atom stereocenters. The van der Waals surface area contributed by atoms with Gasteiger partial charge in [-0.3, -0.25) is 4.79 Å². The first kappa shape index (κ1) is 11.0. The molecule has 1 aromatic rings. The summed E-state index contributed by atoms with van der Waals surface area (Å²) in [5.41, 5.74) is 3.31. The van der Waals surface area contributed by atoms with E-state index in [1.54, 1.807) is 4.90 Å². The third-order valence-electron chi connectivity index (χ3n) is 3.08. The first-order chi connectivity index (χ1) is 7.59. The van der Waals surface area contributed by atoms with Crippen molar-refractivity contribution in [2.24, 2.45) is 0 Å². The summed E-state index contributed by atoms with van der Waals surface area (Å²) in [6, 6.07) is 6.30. The van der Waals surface area contributed by atoms with Gasteiger partial charge in [0.05, 0.1) is 11.4 Å². The number of fused-ring (bicyclic) bond motifs is 1. The van der Waals surface area contributed by atoms with E-state index in [0.29, 0.717) is 12.3 Å². The topological polar surface area (TPSA) is 32.3 Å². The Hall–Kier alpha value is -1.51. The molecule has 3 heteroatoms. The van der Waals surface area contributed by atoms with Gasteiger partial charge in [-0.1, -0.05) is 19.9 Å². The highest BCUT2D eigenvalue weighted by atomic mass is 16.2. The standard InChI is InChI=1S/C13H18N2O/c1-9(2)10-4-5-11-12(8-10)15(3)13(16)6-7-14-11/h4-5,8-9,14H,6-7H2,1-3H3. The lowest BCUT2D eigenvalue weighted by atomic mass is 10.0. The van der Waals surface area contributed by atoms with Crippen molar-refractivity contribution in [3.8, 4) is 0 Å². The first-order valence-corrected chi connectivity index (χ1v) is 5.74. The van der Waals surface area contributed by atoms with Crippen LogP contribution in [0.5, 0.6) is 0 Å². The predicted molar refractivity (Wildman–Crippen MR) is 67.0 cm³/mol. The van der Waals surface area contributed by atoms with E-state index in [0.717, 1.165) is 17.9 Å². The molecular weight excluding hydrogens is 200 g/mol. The fourth-order valence-corrected chi connectivity index (χ4v) is 1.94. The molecule has 3 nitrogen and oxygen atoms in total. The van der Waals surface area contributed by atoms with Crippen LogP contribution in [0.25, 0.3) is 0 Å². The van der Waals surface area contributed by atoms with Crippen molar-refractivity contribution < 1.29 is 4.79 Å². The van der Waals surface area contributed by atoms with Gasteiger partial charge < -0.3 is 10.2 Å². The van der Waals surface area contributed by atoms with E-state index in [1.807, 2.05) is 7.05 Å². The molecule has 1 aliphatic heterocycles. The van der Waals surface area contributed by atoms with E-state index in [4.69, 9.17) is 0 Å². The normalized spacial score (nSPS) is 15.8. The Balaban J connectivity index is 2.46. The summed E-state index contributed by atoms with van der Waals surface area (Å²) in [6.45, 7) is 5.04. The van der Waals surface area contributed by atoms with Gasteiger partial charge in [-0.25, -0.2) is 0 Å². The lowest BCUT2D eigenvalue weighted by molar-refractivity contribution is -0.118. The molecule has 16 heavy (non-hydrogen) atoms. The third kappa shape index (κ3) is 1.90. The average Bonchev–Trinajstić information content (AvgIpc) is 2.40. The van der Waals surface area contributed by atoms with Gasteiger partial charge >= 0.3 is 0 Å². The van der Waals surface area contributed by atoms with Crippen LogP contribution in [-0.4, -0.2) is 19.5 Å². The van der Waals surface area contributed by atoms with Crippen LogP contribution in [0.1, 0.15) is 31.7 Å². The molecule has 0 aromatic heterocycles. The molecular formula is C13H18N2O. The molecule has 1 aliphatic rings. The minimum Gasteiger partial charge on any atom is -0.383 e. The monoisotopic (exact) mass is 218 g/mol. The van der Waals surface area contributed by atoms with Crippen LogP contribution < -0.4 is 10.2 Å². The highest BCUT2D eigenvalue weighted by molar-refractivity contribution is 5.97. The molecule has 0 aliphatic carbocycles. The van der Waals surface area contributed by atoms with Gasteiger partial charge in [-0.05, 0) is 23.6 Å². The second-order valence-electron chi connectivity index (χ2n) is 4.56. The predicted octanol–water partition coefficient (Wildman–Crippen LogP) is 2.59. The van der Waals surface area contributed by atoms with Crippen molar-refractivity contribution >= 4 is 17.3 Å². The minimum atomic E-state index is 0.173. The number of nitrogens with one attached hydrogen (secondary N) is 1. The van der Waals surface area contributed by atoms with E-state index in [2.05, 4.69) is 37.4 Å². The fourth-order valence-electron chi connectivity index (χ4n) is 1.94. The molecule has 0 bridgehead atoms. The van der Waals surface area contributed by atoms with E-state index < -0.39 is 0 Å². The number of rotatable bonds is 1. The second kappa shape index (κ2) is 4.16. The van der Waals surface area contributed by atoms with Crippen LogP contribution in [0.15, 0.2) is 18.2 Å². The van der Waals surface area contributed by atoms with E-state index >= 15 is 0 Å². The fraction of sp³-hybridized carbons (Fsp3) is 0.462. The number of nitrogens with zero attached hydrogens (tertiary/aromatic N) is 1. The zero-order valence-corrected chi connectivity index (χ0v) is 10.1. The molecule has 1 amide bonds. The maximum Gasteiger partial charge on any atom is 0.228 e. The Morgan fingerprint density at radius 3 is 2.81 bits per heavy atom. The van der Waals surface area contributed by atoms with Crippen LogP contribution in [-0.2, 0) is 4.79 Å². The maximum absolute atomic E-state index is 11.7. The number of anilines is 2. The van der Waals surface area contributed by atoms with Gasteiger partial charge in [0.25, 0.3) is 0 Å². The summed E-state index contributed by atoms with van der Waals surface area (Å²) >= 11 is 0. The molecule has 1 N–H and O–H groups in total. The maximum atomic E-state index is 11.7. The summed E-state index contributed by atoms with van der Waals surface area (Å²) in [5.74, 6) is 0.657. The quantitative estimate of drug-likeness (QED) is 0.785. The highest BCUT2D eigenvalue weighted by Gasteiger charge is 2.18. The smallest absolute Gasteiger partial charge is 0.228 e. The summed E-state index contributed by atoms with van der Waals surface area (Å²) in [7, 11) is 1.85. The van der Waals surface area contributed by atoms with Crippen LogP contribution in [0.3, 0.4) is 0 Å². The minimum absolute atomic E-state index is 0.173. The number of hydrogen-bond donors (Lipinski definition) is 1. The number of benzene rings is 1. The van der Waals surface area contributed by atoms with Gasteiger partial charge in [-0.15, -0.1) is 0 Å². The Morgan fingerprint density at radius 2 is 2.12 bits per heavy atom. The lowest BCUT2D eigenvalue weighted by Crippen LogP contribution is -2.25. The molecule has 1 heterocycles. The van der Waals surface area contributed by atoms with Crippen LogP contribution in [0, 0.1) is 0 Å². The molecule has 1 aromatic carbocycles. The summed E-state index contributed by atoms with van der Waals surface area (Å²) in [6.07, 6.45) is 0.558. The largest absolute Gasteiger partial charge is 0.383 e. The molecule has 0 fully saturated rings. The molecule has 86 valence electrons. The summed E-state index contributed by atoms with van der Waals surface area (Å²) < 4.78 is 0. The Bertz CT molecular complexity index is 412. The SMILES string of the molecule is CC(C)c1ccc2c(c1)N(C)C(=O)CCN2. The number of carbonyl (C=O) groups is 1. The molecule has 0 saturated carbocycles. The Morgan fingerprint density at radius 1 is 1.38 bits per heavy atom. The van der Waals surface area contributed by atoms with Crippen LogP contribution in [0.4, 0.5) is 11.4 Å². The van der Waals surface area contributed by atoms with Crippen molar-refractivity contribution in [1.82, 2.24) is 0 Å². The van der Waals surface area contributed by atoms with Crippen LogP contribution in [0.2, 0.25) is 0 Å². The molecule has 0 saturated heterocycles. The summed E-state index contributed by atoms with van der Waals surface area (Å²) in [4.78, 5) is 13.5. The molecule has 2 rings (SSSR count). The van der Waals surface area contributed by atoms with Crippen molar-refractivity contribution in [3.05, 3.63) is 23.8 Å². The lowest BCUT2D eigenvalue weighted by Gasteiger charge is -2.19. The van der Waals surface area contributed by atoms with Crippen molar-refractivity contribution in [1.29, 1.82) is 0 Å². The van der Waals surface area contributed by atoms with Gasteiger partial charge in [0.1, 0.15) is 0 Å². The van der Waals surface area contributed by atoms with Gasteiger partial charge in [0.15, 0.2) is 0 Å². The van der Waals surface area contributed by atoms with Gasteiger partial charge in [0, 0.05) is 20.0 Å². The highest BCUT2D eigenvalue weighted by Crippen LogP contribution is 2.31. The number of hydrogen-bond acceptors (Lipinski definition) is 2. The Labute approximate surface area is 96.5 Å². The second-order valence-corrected chi connectivity index (χ2v) is 4.56.